The van der Waals surface area contributed by atoms with Crippen LogP contribution < -0.4 is 0 Å². The topological polar surface area (TPSA) is 22.0 Å². The van der Waals surface area contributed by atoms with Gasteiger partial charge in [0.25, 0.3) is 0 Å². The van der Waals surface area contributed by atoms with Gasteiger partial charge in [-0.05, 0) is 12.1 Å². The van der Waals surface area contributed by atoms with E-state index in [0.29, 0.717) is 17.3 Å². The summed E-state index contributed by atoms with van der Waals surface area (Å²) in [6, 6.07) is 5.52. The molecule has 0 unspecified atom stereocenters. The van der Waals surface area contributed by atoms with Crippen molar-refractivity contribution in [1.82, 2.24) is 4.57 Å². The standard InChI is InChI=1S/C12H11Cl2NO/c1-15-7-10(12(16)4-5-13)9-3-2-8(14)6-11(9)15/h2-3,6-7H,4-5H2,1H3. The van der Waals surface area contributed by atoms with Gasteiger partial charge < -0.3 is 4.57 Å². The number of aromatic nitrogens is 1. The van der Waals surface area contributed by atoms with Crippen molar-refractivity contribution in [2.24, 2.45) is 7.05 Å². The third-order valence-electron chi connectivity index (χ3n) is 2.57. The summed E-state index contributed by atoms with van der Waals surface area (Å²) in [7, 11) is 1.90. The first kappa shape index (κ1) is 11.5. The highest BCUT2D eigenvalue weighted by Crippen LogP contribution is 2.25. The van der Waals surface area contributed by atoms with Crippen LogP contribution >= 0.6 is 23.2 Å². The molecular formula is C12H11Cl2NO. The number of hydrogen-bond donors (Lipinski definition) is 0. The molecule has 0 bridgehead atoms. The summed E-state index contributed by atoms with van der Waals surface area (Å²) < 4.78 is 1.91. The Bertz CT molecular complexity index is 545. The summed E-state index contributed by atoms with van der Waals surface area (Å²) in [6.07, 6.45) is 2.19. The fourth-order valence-corrected chi connectivity index (χ4v) is 2.14. The van der Waals surface area contributed by atoms with Gasteiger partial charge in [-0.1, -0.05) is 17.7 Å². The molecule has 0 fully saturated rings. The molecule has 0 amide bonds. The minimum atomic E-state index is 0.0722. The molecule has 0 radical (unpaired) electrons. The molecule has 0 aliphatic heterocycles. The van der Waals surface area contributed by atoms with Gasteiger partial charge in [0.05, 0.1) is 0 Å². The van der Waals surface area contributed by atoms with E-state index >= 15 is 0 Å². The quantitative estimate of drug-likeness (QED) is 0.607. The lowest BCUT2D eigenvalue weighted by Crippen LogP contribution is -1.98. The van der Waals surface area contributed by atoms with E-state index in [2.05, 4.69) is 0 Å². The van der Waals surface area contributed by atoms with Crippen molar-refractivity contribution in [3.05, 3.63) is 35.0 Å². The van der Waals surface area contributed by atoms with E-state index in [1.165, 1.54) is 0 Å². The summed E-state index contributed by atoms with van der Waals surface area (Å²) in [6.45, 7) is 0. The first-order valence-electron chi connectivity index (χ1n) is 4.97. The second kappa shape index (κ2) is 4.48. The molecule has 16 heavy (non-hydrogen) atoms. The summed E-state index contributed by atoms with van der Waals surface area (Å²) in [5.41, 5.74) is 1.68. The lowest BCUT2D eigenvalue weighted by molar-refractivity contribution is 0.0990. The van der Waals surface area contributed by atoms with Crippen molar-refractivity contribution >= 4 is 39.9 Å². The van der Waals surface area contributed by atoms with Crippen molar-refractivity contribution in [3.8, 4) is 0 Å². The first-order chi connectivity index (χ1) is 7.63. The first-order valence-corrected chi connectivity index (χ1v) is 5.88. The molecule has 0 saturated carbocycles. The molecule has 0 N–H and O–H groups in total. The summed E-state index contributed by atoms with van der Waals surface area (Å²) >= 11 is 11.5. The molecule has 0 aliphatic rings. The Morgan fingerprint density at radius 2 is 2.19 bits per heavy atom. The molecule has 0 spiro atoms. The van der Waals surface area contributed by atoms with Crippen LogP contribution in [0.4, 0.5) is 0 Å². The van der Waals surface area contributed by atoms with E-state index in [4.69, 9.17) is 23.2 Å². The number of fused-ring (bicyclic) bond motifs is 1. The van der Waals surface area contributed by atoms with Crippen LogP contribution in [0.15, 0.2) is 24.4 Å². The summed E-state index contributed by atoms with van der Waals surface area (Å²) in [5.74, 6) is 0.422. The Labute approximate surface area is 104 Å². The molecule has 1 heterocycles. The maximum Gasteiger partial charge on any atom is 0.166 e. The van der Waals surface area contributed by atoms with Crippen LogP contribution in [-0.4, -0.2) is 16.2 Å². The largest absolute Gasteiger partial charge is 0.350 e. The molecule has 2 rings (SSSR count). The van der Waals surface area contributed by atoms with Gasteiger partial charge in [-0.3, -0.25) is 4.79 Å². The minimum Gasteiger partial charge on any atom is -0.350 e. The molecule has 0 atom stereocenters. The summed E-state index contributed by atoms with van der Waals surface area (Å²) in [5, 5.41) is 1.60. The van der Waals surface area contributed by atoms with E-state index in [0.717, 1.165) is 16.5 Å². The van der Waals surface area contributed by atoms with E-state index < -0.39 is 0 Å². The lowest BCUT2D eigenvalue weighted by atomic mass is 10.1. The highest BCUT2D eigenvalue weighted by molar-refractivity contribution is 6.31. The number of halogens is 2. The maximum atomic E-state index is 11.8. The fraction of sp³-hybridized carbons (Fsp3) is 0.250. The molecule has 84 valence electrons. The number of benzene rings is 1. The Morgan fingerprint density at radius 1 is 1.44 bits per heavy atom. The lowest BCUT2D eigenvalue weighted by Gasteiger charge is -1.97. The van der Waals surface area contributed by atoms with Crippen LogP contribution in [0.5, 0.6) is 0 Å². The molecule has 2 nitrogen and oxygen atoms in total. The number of Topliss-reactive ketones (excluding diaryl/α,β-unsaturated/α-hetero) is 1. The third-order valence-corrected chi connectivity index (χ3v) is 3.00. The van der Waals surface area contributed by atoms with Crippen molar-refractivity contribution in [2.45, 2.75) is 6.42 Å². The zero-order valence-electron chi connectivity index (χ0n) is 8.84. The van der Waals surface area contributed by atoms with Crippen LogP contribution in [0.3, 0.4) is 0 Å². The number of carbonyl (C=O) groups is 1. The van der Waals surface area contributed by atoms with Crippen LogP contribution in [0.25, 0.3) is 10.9 Å². The molecule has 4 heteroatoms. The number of carbonyl (C=O) groups excluding carboxylic acids is 1. The minimum absolute atomic E-state index is 0.0722. The molecule has 1 aromatic carbocycles. The van der Waals surface area contributed by atoms with E-state index in [9.17, 15) is 4.79 Å². The van der Waals surface area contributed by atoms with Gasteiger partial charge in [-0.2, -0.15) is 0 Å². The molecule has 0 aliphatic carbocycles. The van der Waals surface area contributed by atoms with Gasteiger partial charge in [0.15, 0.2) is 5.78 Å². The molecule has 2 aromatic rings. The average molecular weight is 256 g/mol. The predicted octanol–water partition coefficient (Wildman–Crippen LogP) is 3.64. The van der Waals surface area contributed by atoms with Crippen LogP contribution in [0.2, 0.25) is 5.02 Å². The Kier molecular flexibility index (Phi) is 3.22. The number of hydrogen-bond acceptors (Lipinski definition) is 1. The Hall–Kier alpha value is -0.990. The summed E-state index contributed by atoms with van der Waals surface area (Å²) in [4.78, 5) is 11.8. The van der Waals surface area contributed by atoms with Crippen LogP contribution in [0, 0.1) is 0 Å². The van der Waals surface area contributed by atoms with Crippen molar-refractivity contribution < 1.29 is 4.79 Å². The van der Waals surface area contributed by atoms with E-state index in [-0.39, 0.29) is 5.78 Å². The molecule has 0 saturated heterocycles. The SMILES string of the molecule is Cn1cc(C(=O)CCCl)c2ccc(Cl)cc21. The number of alkyl halides is 1. The number of aryl methyl sites for hydroxylation is 1. The van der Waals surface area contributed by atoms with Gasteiger partial charge in [0.2, 0.25) is 0 Å². The van der Waals surface area contributed by atoms with Crippen LogP contribution in [0.1, 0.15) is 16.8 Å². The molecule has 1 aromatic heterocycles. The average Bonchev–Trinajstić information content (AvgIpc) is 2.56. The van der Waals surface area contributed by atoms with Gasteiger partial charge in [0.1, 0.15) is 0 Å². The van der Waals surface area contributed by atoms with Gasteiger partial charge in [-0.25, -0.2) is 0 Å². The van der Waals surface area contributed by atoms with Crippen molar-refractivity contribution in [2.75, 3.05) is 5.88 Å². The zero-order valence-corrected chi connectivity index (χ0v) is 10.3. The van der Waals surface area contributed by atoms with E-state index in [1.54, 1.807) is 6.07 Å². The highest BCUT2D eigenvalue weighted by Gasteiger charge is 2.13. The van der Waals surface area contributed by atoms with E-state index in [1.807, 2.05) is 29.9 Å². The van der Waals surface area contributed by atoms with Gasteiger partial charge in [-0.15, -0.1) is 11.6 Å². The number of ketones is 1. The van der Waals surface area contributed by atoms with Gasteiger partial charge in [0, 0.05) is 47.0 Å². The second-order valence-corrected chi connectivity index (χ2v) is 4.49. The maximum absolute atomic E-state index is 11.8. The monoisotopic (exact) mass is 255 g/mol. The van der Waals surface area contributed by atoms with Crippen molar-refractivity contribution in [3.63, 3.8) is 0 Å². The Balaban J connectivity index is 2.59. The smallest absolute Gasteiger partial charge is 0.166 e. The number of nitrogens with zero attached hydrogens (tertiary/aromatic N) is 1. The highest BCUT2D eigenvalue weighted by atomic mass is 35.5. The Morgan fingerprint density at radius 3 is 2.88 bits per heavy atom. The van der Waals surface area contributed by atoms with Gasteiger partial charge >= 0.3 is 0 Å². The normalized spacial score (nSPS) is 10.9. The van der Waals surface area contributed by atoms with Crippen molar-refractivity contribution in [1.29, 1.82) is 0 Å². The number of rotatable bonds is 3. The second-order valence-electron chi connectivity index (χ2n) is 3.68. The third kappa shape index (κ3) is 1.95. The molecular weight excluding hydrogens is 245 g/mol. The predicted molar refractivity (Wildman–Crippen MR) is 67.6 cm³/mol. The zero-order chi connectivity index (χ0) is 11.7. The fourth-order valence-electron chi connectivity index (χ4n) is 1.80. The van der Waals surface area contributed by atoms with Crippen LogP contribution in [-0.2, 0) is 7.05 Å².